The smallest absolute Gasteiger partial charge is 0.0728 e. The molecule has 0 aromatic rings. The highest BCUT2D eigenvalue weighted by atomic mass is 16.5. The third-order valence-corrected chi connectivity index (χ3v) is 4.26. The minimum Gasteiger partial charge on any atom is -0.379 e. The van der Waals surface area contributed by atoms with Gasteiger partial charge in [-0.25, -0.2) is 0 Å². The monoisotopic (exact) mass is 271 g/mol. The Morgan fingerprint density at radius 2 is 1.79 bits per heavy atom. The van der Waals surface area contributed by atoms with Crippen molar-refractivity contribution in [2.75, 3.05) is 20.3 Å². The van der Waals surface area contributed by atoms with E-state index in [9.17, 15) is 0 Å². The molecular formula is C16H33NO2. The summed E-state index contributed by atoms with van der Waals surface area (Å²) in [4.78, 5) is 0. The Labute approximate surface area is 119 Å². The molecule has 0 spiro atoms. The van der Waals surface area contributed by atoms with Gasteiger partial charge in [-0.05, 0) is 39.7 Å². The molecule has 0 aliphatic heterocycles. The van der Waals surface area contributed by atoms with Gasteiger partial charge in [0.15, 0.2) is 0 Å². The summed E-state index contributed by atoms with van der Waals surface area (Å²) in [5, 5.41) is 3.61. The average molecular weight is 271 g/mol. The first kappa shape index (κ1) is 16.9. The van der Waals surface area contributed by atoms with E-state index in [0.29, 0.717) is 12.1 Å². The topological polar surface area (TPSA) is 30.5 Å². The summed E-state index contributed by atoms with van der Waals surface area (Å²) < 4.78 is 11.6. The van der Waals surface area contributed by atoms with Crippen LogP contribution in [0.4, 0.5) is 0 Å². The van der Waals surface area contributed by atoms with E-state index in [0.717, 1.165) is 19.6 Å². The molecule has 1 rings (SSSR count). The van der Waals surface area contributed by atoms with Crippen molar-refractivity contribution in [1.29, 1.82) is 0 Å². The predicted molar refractivity (Wildman–Crippen MR) is 80.6 cm³/mol. The lowest BCUT2D eigenvalue weighted by atomic mass is 9.94. The van der Waals surface area contributed by atoms with Gasteiger partial charge >= 0.3 is 0 Å². The maximum absolute atomic E-state index is 6.18. The SMILES string of the molecule is CCNC1CCCCCCC1OCCC(C)(C)OC. The van der Waals surface area contributed by atoms with Gasteiger partial charge < -0.3 is 14.8 Å². The summed E-state index contributed by atoms with van der Waals surface area (Å²) in [6, 6.07) is 0.538. The molecule has 1 N–H and O–H groups in total. The van der Waals surface area contributed by atoms with Crippen LogP contribution in [-0.4, -0.2) is 38.0 Å². The van der Waals surface area contributed by atoms with E-state index in [1.54, 1.807) is 7.11 Å². The summed E-state index contributed by atoms with van der Waals surface area (Å²) in [5.74, 6) is 0. The van der Waals surface area contributed by atoms with Gasteiger partial charge in [-0.1, -0.05) is 32.6 Å². The fourth-order valence-corrected chi connectivity index (χ4v) is 2.70. The second kappa shape index (κ2) is 8.93. The van der Waals surface area contributed by atoms with Crippen molar-refractivity contribution < 1.29 is 9.47 Å². The Hall–Kier alpha value is -0.120. The Morgan fingerprint density at radius 1 is 1.11 bits per heavy atom. The Balaban J connectivity index is 2.40. The Morgan fingerprint density at radius 3 is 2.42 bits per heavy atom. The van der Waals surface area contributed by atoms with Crippen LogP contribution in [-0.2, 0) is 9.47 Å². The fraction of sp³-hybridized carbons (Fsp3) is 1.00. The van der Waals surface area contributed by atoms with Gasteiger partial charge in [-0.2, -0.15) is 0 Å². The van der Waals surface area contributed by atoms with Gasteiger partial charge in [0.05, 0.1) is 11.7 Å². The van der Waals surface area contributed by atoms with Gasteiger partial charge in [-0.3, -0.25) is 0 Å². The fourth-order valence-electron chi connectivity index (χ4n) is 2.70. The molecule has 0 radical (unpaired) electrons. The van der Waals surface area contributed by atoms with Crippen molar-refractivity contribution in [2.24, 2.45) is 0 Å². The van der Waals surface area contributed by atoms with E-state index >= 15 is 0 Å². The van der Waals surface area contributed by atoms with Crippen LogP contribution < -0.4 is 5.32 Å². The zero-order valence-electron chi connectivity index (χ0n) is 13.3. The molecule has 19 heavy (non-hydrogen) atoms. The average Bonchev–Trinajstić information content (AvgIpc) is 2.36. The summed E-state index contributed by atoms with van der Waals surface area (Å²) in [6.07, 6.45) is 9.18. The van der Waals surface area contributed by atoms with Crippen molar-refractivity contribution >= 4 is 0 Å². The van der Waals surface area contributed by atoms with Crippen LogP contribution in [0.25, 0.3) is 0 Å². The lowest BCUT2D eigenvalue weighted by Crippen LogP contribution is -2.42. The number of ether oxygens (including phenoxy) is 2. The van der Waals surface area contributed by atoms with E-state index in [-0.39, 0.29) is 5.60 Å². The standard InChI is InChI=1S/C16H33NO2/c1-5-17-14-10-8-6-7-9-11-15(14)19-13-12-16(2,3)18-4/h14-15,17H,5-13H2,1-4H3. The zero-order chi connectivity index (χ0) is 14.1. The molecule has 0 saturated heterocycles. The predicted octanol–water partition coefficient (Wildman–Crippen LogP) is 3.52. The van der Waals surface area contributed by atoms with Crippen LogP contribution in [0, 0.1) is 0 Å². The maximum atomic E-state index is 6.18. The molecule has 3 heteroatoms. The van der Waals surface area contributed by atoms with Gasteiger partial charge in [0.2, 0.25) is 0 Å². The zero-order valence-corrected chi connectivity index (χ0v) is 13.3. The molecule has 1 aliphatic carbocycles. The highest BCUT2D eigenvalue weighted by Gasteiger charge is 2.24. The first-order chi connectivity index (χ1) is 9.09. The first-order valence-electron chi connectivity index (χ1n) is 7.99. The molecule has 2 unspecified atom stereocenters. The molecule has 0 heterocycles. The summed E-state index contributed by atoms with van der Waals surface area (Å²) in [7, 11) is 1.78. The molecule has 0 bridgehead atoms. The Bertz CT molecular complexity index is 231. The molecule has 0 amide bonds. The van der Waals surface area contributed by atoms with Crippen LogP contribution in [0.2, 0.25) is 0 Å². The van der Waals surface area contributed by atoms with Crippen LogP contribution in [0.15, 0.2) is 0 Å². The summed E-state index contributed by atoms with van der Waals surface area (Å²) >= 11 is 0. The van der Waals surface area contributed by atoms with Gasteiger partial charge in [0.25, 0.3) is 0 Å². The van der Waals surface area contributed by atoms with E-state index in [1.165, 1.54) is 38.5 Å². The molecular weight excluding hydrogens is 238 g/mol. The number of likely N-dealkylation sites (N-methyl/N-ethyl adjacent to an activating group) is 1. The number of hydrogen-bond acceptors (Lipinski definition) is 3. The molecule has 3 nitrogen and oxygen atoms in total. The van der Waals surface area contributed by atoms with Crippen LogP contribution in [0.1, 0.15) is 65.7 Å². The van der Waals surface area contributed by atoms with Crippen LogP contribution in [0.5, 0.6) is 0 Å². The molecule has 1 aliphatic rings. The number of rotatable bonds is 7. The summed E-state index contributed by atoms with van der Waals surface area (Å²) in [6.45, 7) is 8.26. The van der Waals surface area contributed by atoms with E-state index < -0.39 is 0 Å². The lowest BCUT2D eigenvalue weighted by Gasteiger charge is -2.31. The third kappa shape index (κ3) is 6.73. The molecule has 0 aromatic carbocycles. The lowest BCUT2D eigenvalue weighted by molar-refractivity contribution is -0.0393. The van der Waals surface area contributed by atoms with Gasteiger partial charge in [0, 0.05) is 19.8 Å². The van der Waals surface area contributed by atoms with Crippen molar-refractivity contribution in [1.82, 2.24) is 5.32 Å². The highest BCUT2D eigenvalue weighted by Crippen LogP contribution is 2.21. The van der Waals surface area contributed by atoms with Crippen molar-refractivity contribution in [3.8, 4) is 0 Å². The van der Waals surface area contributed by atoms with Gasteiger partial charge in [-0.15, -0.1) is 0 Å². The molecule has 1 saturated carbocycles. The highest BCUT2D eigenvalue weighted by molar-refractivity contribution is 4.79. The minimum absolute atomic E-state index is 0.0741. The molecule has 2 atom stereocenters. The molecule has 0 aromatic heterocycles. The minimum atomic E-state index is -0.0741. The normalized spacial score (nSPS) is 25.9. The van der Waals surface area contributed by atoms with Crippen molar-refractivity contribution in [3.63, 3.8) is 0 Å². The van der Waals surface area contributed by atoms with Crippen LogP contribution >= 0.6 is 0 Å². The van der Waals surface area contributed by atoms with E-state index in [1.807, 2.05) is 0 Å². The quantitative estimate of drug-likeness (QED) is 0.768. The molecule has 114 valence electrons. The number of nitrogens with one attached hydrogen (secondary N) is 1. The number of hydrogen-bond donors (Lipinski definition) is 1. The van der Waals surface area contributed by atoms with Crippen molar-refractivity contribution in [2.45, 2.75) is 83.5 Å². The van der Waals surface area contributed by atoms with Gasteiger partial charge in [0.1, 0.15) is 0 Å². The second-order valence-corrected chi connectivity index (χ2v) is 6.28. The van der Waals surface area contributed by atoms with Crippen LogP contribution in [0.3, 0.4) is 0 Å². The van der Waals surface area contributed by atoms with E-state index in [4.69, 9.17) is 9.47 Å². The maximum Gasteiger partial charge on any atom is 0.0728 e. The Kier molecular flexibility index (Phi) is 7.96. The summed E-state index contributed by atoms with van der Waals surface area (Å²) in [5.41, 5.74) is -0.0741. The second-order valence-electron chi connectivity index (χ2n) is 6.28. The van der Waals surface area contributed by atoms with E-state index in [2.05, 4.69) is 26.1 Å². The number of methoxy groups -OCH3 is 1. The largest absolute Gasteiger partial charge is 0.379 e. The third-order valence-electron chi connectivity index (χ3n) is 4.26. The first-order valence-corrected chi connectivity index (χ1v) is 7.99. The van der Waals surface area contributed by atoms with Crippen molar-refractivity contribution in [3.05, 3.63) is 0 Å². The molecule has 1 fully saturated rings.